The van der Waals surface area contributed by atoms with Crippen LogP contribution in [0.4, 0.5) is 0 Å². The Hall–Kier alpha value is -17.1. The number of nitrogens with zero attached hydrogens (tertiary/aromatic N) is 12. The third-order valence-electron chi connectivity index (χ3n) is 23.8. The van der Waals surface area contributed by atoms with Crippen LogP contribution in [0.15, 0.2) is 437 Å². The first kappa shape index (κ1) is 75.8. The fraction of sp³-hybridized carbons (Fsp3) is 0. The van der Waals surface area contributed by atoms with E-state index >= 15 is 0 Å². The second kappa shape index (κ2) is 32.9. The Morgan fingerprint density at radius 2 is 0.594 bits per heavy atom. The Morgan fingerprint density at radius 3 is 1.16 bits per heavy atom. The molecule has 598 valence electrons. The van der Waals surface area contributed by atoms with Gasteiger partial charge in [0.25, 0.3) is 0 Å². The zero-order valence-corrected chi connectivity index (χ0v) is 69.7. The minimum atomic E-state index is 0.730. The molecule has 0 aliphatic carbocycles. The van der Waals surface area contributed by atoms with Crippen LogP contribution in [-0.2, 0) is 0 Å². The molecule has 0 bridgehead atoms. The molecule has 13 heteroatoms. The highest BCUT2D eigenvalue weighted by atomic mass is 32.1. The molecule has 0 aliphatic rings. The molecule has 0 aliphatic heterocycles. The zero-order chi connectivity index (χ0) is 84.8. The maximum absolute atomic E-state index is 5.15. The zero-order valence-electron chi connectivity index (χ0n) is 68.8. The molecule has 9 aromatic heterocycles. The smallest absolute Gasteiger partial charge is 0.161 e. The molecule has 0 saturated carbocycles. The van der Waals surface area contributed by atoms with Crippen molar-refractivity contribution in [2.24, 2.45) is 0 Å². The van der Waals surface area contributed by atoms with Gasteiger partial charge in [-0.15, -0.1) is 11.3 Å². The molecule has 0 unspecified atom stereocenters. The number of rotatable bonds is 9. The Balaban J connectivity index is 0.0000000980. The quantitative estimate of drug-likeness (QED) is 0.127. The average molecular weight is 1650 g/mol. The van der Waals surface area contributed by atoms with E-state index < -0.39 is 0 Å². The van der Waals surface area contributed by atoms with Gasteiger partial charge in [-0.25, -0.2) is 34.9 Å². The molecule has 0 radical (unpaired) electrons. The summed E-state index contributed by atoms with van der Waals surface area (Å²) in [6, 6.07) is 142. The predicted molar refractivity (Wildman–Crippen MR) is 530 cm³/mol. The minimum absolute atomic E-state index is 0.730. The molecule has 0 saturated heterocycles. The van der Waals surface area contributed by atoms with Gasteiger partial charge in [-0.05, 0) is 112 Å². The summed E-state index contributed by atoms with van der Waals surface area (Å²) in [5, 5.41) is 15.9. The van der Waals surface area contributed by atoms with Crippen LogP contribution in [0.5, 0.6) is 0 Å². The number of para-hydroxylation sites is 6. The fourth-order valence-corrected chi connectivity index (χ4v) is 19.0. The number of benzene rings is 17. The van der Waals surface area contributed by atoms with Crippen molar-refractivity contribution in [1.82, 2.24) is 59.4 Å². The maximum Gasteiger partial charge on any atom is 0.161 e. The molecule has 12 nitrogen and oxygen atoms in total. The van der Waals surface area contributed by atoms with Crippen LogP contribution in [0.2, 0.25) is 0 Å². The lowest BCUT2D eigenvalue weighted by Crippen LogP contribution is -1.98. The first-order chi connectivity index (χ1) is 63.5. The Bertz CT molecular complexity index is 8770. The van der Waals surface area contributed by atoms with Crippen molar-refractivity contribution >= 4 is 151 Å². The van der Waals surface area contributed by atoms with Gasteiger partial charge in [0.1, 0.15) is 5.82 Å². The Morgan fingerprint density at radius 1 is 0.203 bits per heavy atom. The molecule has 26 rings (SSSR count). The highest BCUT2D eigenvalue weighted by molar-refractivity contribution is 7.26. The molecule has 0 fully saturated rings. The van der Waals surface area contributed by atoms with Gasteiger partial charge in [-0.3, -0.25) is 24.5 Å². The summed E-state index contributed by atoms with van der Waals surface area (Å²) in [4.78, 5) is 53.9. The predicted octanol–water partition coefficient (Wildman–Crippen LogP) is 29.3. The van der Waals surface area contributed by atoms with Crippen LogP contribution in [0, 0.1) is 0 Å². The van der Waals surface area contributed by atoms with E-state index in [1.165, 1.54) is 26.4 Å². The van der Waals surface area contributed by atoms with Gasteiger partial charge >= 0.3 is 0 Å². The van der Waals surface area contributed by atoms with Crippen LogP contribution in [0.3, 0.4) is 0 Å². The minimum Gasteiger partial charge on any atom is -0.292 e. The van der Waals surface area contributed by atoms with Crippen molar-refractivity contribution in [3.05, 3.63) is 437 Å². The molecular weight excluding hydrogens is 1580 g/mol. The summed E-state index contributed by atoms with van der Waals surface area (Å²) in [6.45, 7) is 0. The van der Waals surface area contributed by atoms with E-state index in [1.54, 1.807) is 11.3 Å². The standard InChI is InChI=1S/C33H21N3.C29H17N3S.C27H17N3.C26H17N3/c1-2-9-23(10-3-1)32-33(36-30-15-7-6-14-29(30)35-32)24-18-16-22(17-19-24)28-21-25-11-8-20-34-31(25)27-13-5-4-12-26(27)28;1-2-8-18(9-3-1)26-28-27(23-11-4-5-14-24(23)33-28)32-29(31-26)22-13-6-12-21-20(22)16-15-19-10-7-17-30-25(19)21;1-2-8-18(9-3-1)26-23-11-4-5-14-24(23)29-27(30-26)22-13-6-12-21-20(22)16-15-19-10-7-17-28-25(19)21;1-2-9-19(10-3-1)29-24-14-5-4-13-23(24)28-26(29)22-12-6-11-21-20(22)16-15-18-8-7-17-27-25(18)21/h1-21H;1-17H;1-17H;1-17H. The summed E-state index contributed by atoms with van der Waals surface area (Å²) in [5.41, 5.74) is 24.5. The van der Waals surface area contributed by atoms with Crippen molar-refractivity contribution in [2.75, 3.05) is 0 Å². The number of aromatic nitrogens is 12. The van der Waals surface area contributed by atoms with Gasteiger partial charge in [0.2, 0.25) is 0 Å². The molecule has 0 N–H and O–H groups in total. The molecular formula is C115H72N12S. The van der Waals surface area contributed by atoms with Crippen LogP contribution in [-0.4, -0.2) is 59.4 Å². The highest BCUT2D eigenvalue weighted by Gasteiger charge is 2.23. The van der Waals surface area contributed by atoms with Gasteiger partial charge in [0.05, 0.1) is 82.6 Å². The molecule has 26 aromatic rings. The van der Waals surface area contributed by atoms with Crippen LogP contribution >= 0.6 is 11.3 Å². The van der Waals surface area contributed by atoms with Crippen molar-refractivity contribution in [3.8, 4) is 96.0 Å². The van der Waals surface area contributed by atoms with Crippen molar-refractivity contribution < 1.29 is 0 Å². The number of pyridine rings is 4. The molecule has 0 spiro atoms. The van der Waals surface area contributed by atoms with Crippen molar-refractivity contribution in [3.63, 3.8) is 0 Å². The maximum atomic E-state index is 5.15. The average Bonchev–Trinajstić information content (AvgIpc) is 1.67. The van der Waals surface area contributed by atoms with E-state index in [2.05, 4.69) is 322 Å². The Labute approximate surface area is 738 Å². The van der Waals surface area contributed by atoms with E-state index in [-0.39, 0.29) is 0 Å². The highest BCUT2D eigenvalue weighted by Crippen LogP contribution is 2.44. The normalized spacial score (nSPS) is 11.4. The first-order valence-corrected chi connectivity index (χ1v) is 43.4. The third kappa shape index (κ3) is 14.0. The third-order valence-corrected chi connectivity index (χ3v) is 25.0. The lowest BCUT2D eigenvalue weighted by atomic mass is 9.94. The van der Waals surface area contributed by atoms with E-state index in [4.69, 9.17) is 34.9 Å². The second-order valence-corrected chi connectivity index (χ2v) is 32.5. The summed E-state index contributed by atoms with van der Waals surface area (Å²) >= 11 is 1.76. The van der Waals surface area contributed by atoms with E-state index in [0.717, 1.165) is 210 Å². The fourth-order valence-electron chi connectivity index (χ4n) is 17.8. The van der Waals surface area contributed by atoms with Gasteiger partial charge in [-0.1, -0.05) is 334 Å². The molecule has 17 aromatic carbocycles. The summed E-state index contributed by atoms with van der Waals surface area (Å²) < 4.78 is 4.59. The topological polar surface area (TPSA) is 147 Å². The summed E-state index contributed by atoms with van der Waals surface area (Å²) in [6.07, 6.45) is 7.41. The van der Waals surface area contributed by atoms with Crippen LogP contribution < -0.4 is 0 Å². The van der Waals surface area contributed by atoms with Gasteiger partial charge in [0.15, 0.2) is 11.6 Å². The number of thiophene rings is 1. The molecule has 0 atom stereocenters. The Kier molecular flexibility index (Phi) is 19.5. The van der Waals surface area contributed by atoms with Gasteiger partial charge in [0, 0.05) is 128 Å². The SMILES string of the molecule is c1ccc(-c2nc(-c3cccc4c3ccc3cccnc34)nc3c2sc2ccccc23)cc1.c1ccc(-c2nc(-c3cccc4c3ccc3cccnc34)nc3ccccc23)cc1.c1ccc(-c2nc3ccccc3nc2-c2ccc(-c3cc4cccnc4c4ccccc34)cc2)cc1.c1ccc(-n2c(-c3cccc4c3ccc3cccnc34)nc3ccccc32)cc1. The number of hydrogen-bond donors (Lipinski definition) is 0. The van der Waals surface area contributed by atoms with Gasteiger partial charge < -0.3 is 0 Å². The van der Waals surface area contributed by atoms with Crippen LogP contribution in [0.1, 0.15) is 0 Å². The van der Waals surface area contributed by atoms with Gasteiger partial charge in [-0.2, -0.15) is 0 Å². The lowest BCUT2D eigenvalue weighted by molar-refractivity contribution is 1.11. The molecule has 9 heterocycles. The lowest BCUT2D eigenvalue weighted by Gasteiger charge is -2.13. The largest absolute Gasteiger partial charge is 0.292 e. The number of fused-ring (bicyclic) bond motifs is 18. The second-order valence-electron chi connectivity index (χ2n) is 31.4. The monoisotopic (exact) mass is 1650 g/mol. The van der Waals surface area contributed by atoms with Crippen molar-refractivity contribution in [1.29, 1.82) is 0 Å². The number of imidazole rings is 1. The van der Waals surface area contributed by atoms with E-state index in [9.17, 15) is 0 Å². The van der Waals surface area contributed by atoms with E-state index in [1.807, 2.05) is 140 Å². The van der Waals surface area contributed by atoms with E-state index in [0.29, 0.717) is 0 Å². The summed E-state index contributed by atoms with van der Waals surface area (Å²) in [7, 11) is 0. The first-order valence-electron chi connectivity index (χ1n) is 42.6. The summed E-state index contributed by atoms with van der Waals surface area (Å²) in [5.74, 6) is 2.41. The molecule has 0 amide bonds. The van der Waals surface area contributed by atoms with Crippen LogP contribution in [0.25, 0.3) is 236 Å². The van der Waals surface area contributed by atoms with Crippen molar-refractivity contribution in [2.45, 2.75) is 0 Å². The number of hydrogen-bond acceptors (Lipinski definition) is 12. The molecule has 128 heavy (non-hydrogen) atoms.